The molecule has 1 aliphatic rings. The number of rotatable bonds is 14. The fraction of sp³-hybridized carbons (Fsp3) is 0.316. The standard InChI is InChI=1S/C38H43Cl2N7O3Si/c1-38(2,3)51(29-13-8-6-9-14-29,30-15-10-7-11-16-30)50-28(24-46(4)5)25-47-23-26(21-42-47)43-37-41-22-31(36(45-37)49-27-19-20-27)35(48)44-34-32(39)17-12-18-33(34)40/h6-18,21-23,27-28H,19-20,24-25H2,1-5H3,(H,44,48)(H,41,43,45). The fourth-order valence-corrected chi connectivity index (χ4v) is 11.3. The van der Waals surface area contributed by atoms with Crippen LogP contribution < -0.4 is 25.7 Å². The maximum absolute atomic E-state index is 13.3. The zero-order valence-corrected chi connectivity index (χ0v) is 31.9. The second-order valence-corrected chi connectivity index (χ2v) is 19.1. The van der Waals surface area contributed by atoms with E-state index in [4.69, 9.17) is 32.4 Å². The van der Waals surface area contributed by atoms with Gasteiger partial charge in [0.05, 0.1) is 40.3 Å². The Morgan fingerprint density at radius 3 is 2.16 bits per heavy atom. The molecule has 0 radical (unpaired) electrons. The summed E-state index contributed by atoms with van der Waals surface area (Å²) < 4.78 is 15.4. The molecule has 2 aromatic heterocycles. The molecule has 1 unspecified atom stereocenters. The maximum Gasteiger partial charge on any atom is 0.262 e. The van der Waals surface area contributed by atoms with E-state index in [2.05, 4.69) is 126 Å². The first-order chi connectivity index (χ1) is 24.4. The van der Waals surface area contributed by atoms with E-state index in [-0.39, 0.29) is 34.6 Å². The Kier molecular flexibility index (Phi) is 11.1. The van der Waals surface area contributed by atoms with Gasteiger partial charge in [-0.15, -0.1) is 0 Å². The minimum atomic E-state index is -2.81. The Labute approximate surface area is 310 Å². The van der Waals surface area contributed by atoms with E-state index in [0.29, 0.717) is 34.5 Å². The Hall–Kier alpha value is -4.26. The first-order valence-electron chi connectivity index (χ1n) is 16.9. The van der Waals surface area contributed by atoms with Crippen LogP contribution in [0.2, 0.25) is 15.1 Å². The molecule has 266 valence electrons. The number of nitrogens with zero attached hydrogens (tertiary/aromatic N) is 5. The third-order valence-corrected chi connectivity index (χ3v) is 14.3. The average Bonchev–Trinajstić information content (AvgIpc) is 3.81. The lowest BCUT2D eigenvalue weighted by Gasteiger charge is -2.45. The maximum atomic E-state index is 13.3. The SMILES string of the molecule is CN(C)CC(Cn1cc(Nc2ncc(C(=O)Nc3c(Cl)cccc3Cl)c(OC3CC3)n2)cn1)O[Si](c1ccccc1)(c1ccccc1)C(C)(C)C. The van der Waals surface area contributed by atoms with Crippen LogP contribution in [0.1, 0.15) is 44.0 Å². The molecule has 3 aromatic carbocycles. The lowest BCUT2D eigenvalue weighted by Crippen LogP contribution is -2.68. The minimum Gasteiger partial charge on any atom is -0.474 e. The van der Waals surface area contributed by atoms with Crippen LogP contribution in [0.5, 0.6) is 5.88 Å². The number of carbonyl (C=O) groups excluding carboxylic acids is 1. The highest BCUT2D eigenvalue weighted by Crippen LogP contribution is 2.38. The molecule has 2 heterocycles. The summed E-state index contributed by atoms with van der Waals surface area (Å²) in [5, 5.41) is 13.6. The van der Waals surface area contributed by atoms with E-state index in [9.17, 15) is 4.79 Å². The molecule has 1 fully saturated rings. The van der Waals surface area contributed by atoms with Gasteiger partial charge in [-0.1, -0.05) is 111 Å². The number of hydrogen-bond acceptors (Lipinski definition) is 8. The molecule has 1 aliphatic carbocycles. The fourth-order valence-electron chi connectivity index (χ4n) is 6.16. The van der Waals surface area contributed by atoms with Gasteiger partial charge in [0.25, 0.3) is 14.2 Å². The summed E-state index contributed by atoms with van der Waals surface area (Å²) in [7, 11) is 1.31. The van der Waals surface area contributed by atoms with E-state index in [1.807, 2.05) is 10.9 Å². The zero-order valence-electron chi connectivity index (χ0n) is 29.4. The molecule has 2 N–H and O–H groups in total. The second kappa shape index (κ2) is 15.5. The van der Waals surface area contributed by atoms with Gasteiger partial charge >= 0.3 is 0 Å². The molecule has 0 spiro atoms. The molecule has 1 amide bonds. The predicted octanol–water partition coefficient (Wildman–Crippen LogP) is 7.02. The molecular formula is C38H43Cl2N7O3Si. The van der Waals surface area contributed by atoms with Crippen LogP contribution in [0.4, 0.5) is 17.3 Å². The molecule has 1 saturated carbocycles. The highest BCUT2D eigenvalue weighted by atomic mass is 35.5. The van der Waals surface area contributed by atoms with Crippen molar-refractivity contribution in [1.29, 1.82) is 0 Å². The summed E-state index contributed by atoms with van der Waals surface area (Å²) in [6.07, 6.45) is 6.65. The monoisotopic (exact) mass is 743 g/mol. The molecule has 6 rings (SSSR count). The summed E-state index contributed by atoms with van der Waals surface area (Å²) in [4.78, 5) is 24.5. The van der Waals surface area contributed by atoms with Crippen molar-refractivity contribution in [2.45, 2.75) is 57.4 Å². The van der Waals surface area contributed by atoms with E-state index >= 15 is 0 Å². The molecule has 0 saturated heterocycles. The summed E-state index contributed by atoms with van der Waals surface area (Å²) >= 11 is 12.6. The summed E-state index contributed by atoms with van der Waals surface area (Å²) in [5.41, 5.74) is 1.16. The second-order valence-electron chi connectivity index (χ2n) is 14.0. The van der Waals surface area contributed by atoms with Crippen molar-refractivity contribution < 1.29 is 14.0 Å². The third kappa shape index (κ3) is 8.62. The van der Waals surface area contributed by atoms with Crippen LogP contribution in [-0.4, -0.2) is 71.7 Å². The predicted molar refractivity (Wildman–Crippen MR) is 207 cm³/mol. The van der Waals surface area contributed by atoms with Crippen molar-refractivity contribution in [2.75, 3.05) is 31.3 Å². The topological polar surface area (TPSA) is 106 Å². The Morgan fingerprint density at radius 2 is 1.59 bits per heavy atom. The first-order valence-corrected chi connectivity index (χ1v) is 19.6. The van der Waals surface area contributed by atoms with Gasteiger partial charge in [-0.25, -0.2) is 4.98 Å². The van der Waals surface area contributed by atoms with Gasteiger partial charge in [0.1, 0.15) is 11.7 Å². The lowest BCUT2D eigenvalue weighted by molar-refractivity contribution is 0.102. The van der Waals surface area contributed by atoms with Crippen LogP contribution in [-0.2, 0) is 11.0 Å². The average molecular weight is 745 g/mol. The van der Waals surface area contributed by atoms with E-state index in [1.54, 1.807) is 24.4 Å². The van der Waals surface area contributed by atoms with Gasteiger partial charge in [-0.2, -0.15) is 10.1 Å². The number of likely N-dealkylation sites (N-methyl/N-ethyl adjacent to an activating group) is 1. The van der Waals surface area contributed by atoms with Gasteiger partial charge in [0.15, 0.2) is 0 Å². The van der Waals surface area contributed by atoms with Crippen LogP contribution in [0.15, 0.2) is 97.5 Å². The van der Waals surface area contributed by atoms with Gasteiger partial charge in [0, 0.05) is 18.9 Å². The van der Waals surface area contributed by atoms with Crippen LogP contribution in [0.25, 0.3) is 0 Å². The Bertz CT molecular complexity index is 1890. The van der Waals surface area contributed by atoms with Crippen molar-refractivity contribution in [3.63, 3.8) is 0 Å². The number of para-hydroxylation sites is 1. The van der Waals surface area contributed by atoms with Gasteiger partial charge in [-0.05, 0) is 54.5 Å². The third-order valence-electron chi connectivity index (χ3n) is 8.61. The van der Waals surface area contributed by atoms with Crippen molar-refractivity contribution >= 4 is 65.1 Å². The summed E-state index contributed by atoms with van der Waals surface area (Å²) in [5.74, 6) is -0.0356. The highest BCUT2D eigenvalue weighted by Gasteiger charge is 2.51. The Balaban J connectivity index is 1.24. The number of hydrogen-bond donors (Lipinski definition) is 2. The zero-order chi connectivity index (χ0) is 36.2. The van der Waals surface area contributed by atoms with E-state index in [1.165, 1.54) is 16.6 Å². The number of ether oxygens (including phenoxy) is 1. The molecule has 0 aliphatic heterocycles. The molecule has 1 atom stereocenters. The van der Waals surface area contributed by atoms with Crippen LogP contribution in [0.3, 0.4) is 0 Å². The number of anilines is 3. The summed E-state index contributed by atoms with van der Waals surface area (Å²) in [6, 6.07) is 26.3. The Morgan fingerprint density at radius 1 is 0.961 bits per heavy atom. The molecule has 51 heavy (non-hydrogen) atoms. The van der Waals surface area contributed by atoms with Gasteiger partial charge in [-0.3, -0.25) is 9.48 Å². The quantitative estimate of drug-likeness (QED) is 0.117. The highest BCUT2D eigenvalue weighted by molar-refractivity contribution is 6.99. The molecule has 10 nitrogen and oxygen atoms in total. The van der Waals surface area contributed by atoms with Gasteiger partial charge in [0.2, 0.25) is 11.8 Å². The molecular weight excluding hydrogens is 701 g/mol. The minimum absolute atomic E-state index is 0.00452. The van der Waals surface area contributed by atoms with Crippen molar-refractivity contribution in [1.82, 2.24) is 24.6 Å². The number of nitrogens with one attached hydrogen (secondary N) is 2. The van der Waals surface area contributed by atoms with Crippen molar-refractivity contribution in [2.24, 2.45) is 0 Å². The number of benzene rings is 3. The van der Waals surface area contributed by atoms with Crippen molar-refractivity contribution in [3.05, 3.63) is 113 Å². The number of amides is 1. The normalized spacial score (nSPS) is 14.0. The molecule has 13 heteroatoms. The van der Waals surface area contributed by atoms with Crippen LogP contribution >= 0.6 is 23.2 Å². The number of carbonyl (C=O) groups is 1. The molecule has 5 aromatic rings. The largest absolute Gasteiger partial charge is 0.474 e. The first kappa shape index (κ1) is 36.5. The van der Waals surface area contributed by atoms with E-state index in [0.717, 1.165) is 12.8 Å². The van der Waals surface area contributed by atoms with Crippen molar-refractivity contribution in [3.8, 4) is 5.88 Å². The number of halogens is 2. The number of aromatic nitrogens is 4. The van der Waals surface area contributed by atoms with Crippen LogP contribution in [0, 0.1) is 0 Å². The lowest BCUT2D eigenvalue weighted by atomic mass is 10.2. The van der Waals surface area contributed by atoms with E-state index < -0.39 is 14.2 Å². The van der Waals surface area contributed by atoms with Gasteiger partial charge < -0.3 is 24.7 Å². The summed E-state index contributed by atoms with van der Waals surface area (Å²) in [6.45, 7) is 8.06. The molecule has 0 bridgehead atoms. The smallest absolute Gasteiger partial charge is 0.262 e.